The molecule has 1 aliphatic rings. The minimum Gasteiger partial charge on any atom is -0.497 e. The van der Waals surface area contributed by atoms with Crippen molar-refractivity contribution in [3.63, 3.8) is 0 Å². The molecule has 0 aromatic heterocycles. The van der Waals surface area contributed by atoms with Crippen LogP contribution in [0.25, 0.3) is 0 Å². The Kier molecular flexibility index (Phi) is 16.7. The number of carbonyl (C=O) groups excluding carboxylic acids is 1. The van der Waals surface area contributed by atoms with Crippen LogP contribution in [0, 0.1) is 29.6 Å². The number of allylic oxidation sites excluding steroid dienone is 1. The monoisotopic (exact) mass is 779 g/mol. The second-order valence-electron chi connectivity index (χ2n) is 20.0. The molecule has 0 aliphatic carbocycles. The van der Waals surface area contributed by atoms with E-state index in [-0.39, 0.29) is 46.0 Å². The molecule has 1 saturated heterocycles. The number of aliphatic hydroxyl groups excluding tert-OH is 1. The molecule has 1 aliphatic heterocycles. The van der Waals surface area contributed by atoms with Crippen LogP contribution >= 0.6 is 0 Å². The molecule has 1 heterocycles. The third-order valence-electron chi connectivity index (χ3n) is 11.8. The lowest BCUT2D eigenvalue weighted by Gasteiger charge is -2.43. The zero-order valence-electron chi connectivity index (χ0n) is 37.0. The van der Waals surface area contributed by atoms with Crippen LogP contribution in [0.3, 0.4) is 0 Å². The molecular weight excluding hydrogens is 701 g/mol. The summed E-state index contributed by atoms with van der Waals surface area (Å²) in [6.07, 6.45) is 0.574. The van der Waals surface area contributed by atoms with Crippen LogP contribution in [0.2, 0.25) is 36.3 Å². The smallest absolute Gasteiger partial charge is 0.312 e. The molecule has 0 saturated carbocycles. The van der Waals surface area contributed by atoms with E-state index < -0.39 is 46.5 Å². The van der Waals surface area contributed by atoms with Gasteiger partial charge in [0.1, 0.15) is 11.4 Å². The highest BCUT2D eigenvalue weighted by atomic mass is 28.4. The predicted molar refractivity (Wildman–Crippen MR) is 222 cm³/mol. The van der Waals surface area contributed by atoms with Crippen molar-refractivity contribution >= 4 is 22.6 Å². The second kappa shape index (κ2) is 18.6. The van der Waals surface area contributed by atoms with Crippen molar-refractivity contribution < 1.29 is 37.7 Å². The van der Waals surface area contributed by atoms with E-state index >= 15 is 0 Å². The third-order valence-corrected chi connectivity index (χ3v) is 20.8. The van der Waals surface area contributed by atoms with Crippen molar-refractivity contribution in [1.82, 2.24) is 0 Å². The Hall–Kier alpha value is -1.54. The normalized spacial score (nSPS) is 23.1. The van der Waals surface area contributed by atoms with Crippen LogP contribution in [-0.2, 0) is 27.9 Å². The summed E-state index contributed by atoms with van der Waals surface area (Å²) in [7, 11) is -2.47. The first kappa shape index (κ1) is 47.6. The fourth-order valence-electron chi connectivity index (χ4n) is 6.38. The average molecular weight is 779 g/mol. The van der Waals surface area contributed by atoms with E-state index in [1.807, 2.05) is 52.0 Å². The van der Waals surface area contributed by atoms with Crippen molar-refractivity contribution in [3.05, 3.63) is 41.5 Å². The van der Waals surface area contributed by atoms with Gasteiger partial charge in [0.2, 0.25) is 0 Å². The van der Waals surface area contributed by atoms with Crippen LogP contribution in [0.15, 0.2) is 35.9 Å². The number of methoxy groups -OCH3 is 1. The van der Waals surface area contributed by atoms with Crippen LogP contribution in [-0.4, -0.2) is 71.9 Å². The fraction of sp³-hybridized carbons (Fsp3) is 0.791. The van der Waals surface area contributed by atoms with Crippen molar-refractivity contribution in [3.8, 4) is 5.75 Å². The maximum atomic E-state index is 13.9. The molecule has 5 unspecified atom stereocenters. The zero-order valence-corrected chi connectivity index (χ0v) is 39.0. The molecule has 306 valence electrons. The largest absolute Gasteiger partial charge is 0.497 e. The van der Waals surface area contributed by atoms with E-state index in [0.29, 0.717) is 19.6 Å². The molecule has 53 heavy (non-hydrogen) atoms. The third kappa shape index (κ3) is 13.6. The van der Waals surface area contributed by atoms with Gasteiger partial charge in [-0.2, -0.15) is 0 Å². The number of carbonyl (C=O) groups is 1. The van der Waals surface area contributed by atoms with Crippen molar-refractivity contribution in [2.45, 2.75) is 170 Å². The molecule has 1 aromatic rings. The summed E-state index contributed by atoms with van der Waals surface area (Å²) >= 11 is 0. The summed E-state index contributed by atoms with van der Waals surface area (Å²) in [5.74, 6) is -0.620. The number of ether oxygens (including phenoxy) is 4. The Bertz CT molecular complexity index is 1320. The molecule has 1 fully saturated rings. The van der Waals surface area contributed by atoms with Gasteiger partial charge in [0.25, 0.3) is 0 Å². The summed E-state index contributed by atoms with van der Waals surface area (Å²) in [6, 6.07) is 7.62. The van der Waals surface area contributed by atoms with Gasteiger partial charge in [0.05, 0.1) is 37.9 Å². The summed E-state index contributed by atoms with van der Waals surface area (Å²) in [6.45, 7) is 40.1. The number of benzene rings is 1. The van der Waals surface area contributed by atoms with Gasteiger partial charge in [-0.25, -0.2) is 0 Å². The van der Waals surface area contributed by atoms with E-state index in [1.165, 1.54) is 0 Å². The summed E-state index contributed by atoms with van der Waals surface area (Å²) in [5.41, 5.74) is 1.18. The maximum absolute atomic E-state index is 13.9. The molecule has 0 bridgehead atoms. The molecule has 0 radical (unpaired) electrons. The molecule has 9 atom stereocenters. The quantitative estimate of drug-likeness (QED) is 0.101. The molecule has 8 nitrogen and oxygen atoms in total. The Morgan fingerprint density at radius 1 is 0.943 bits per heavy atom. The standard InChI is InChI=1S/C43H78O8Si2/c1-28(24-29(2)37(51-53(18,19)43(12,13)14)31(4)27-48-52(16,17)42(9,10)11)25-35(39(45)50-41(6,7)8)36(44)32(5)38-30(3)26-47-40(49-38)33-20-22-34(46-15)23-21-33/h20-24,29-32,35-38,40,44H,25-27H2,1-19H3/t29-,30-,31-,32?,35?,36?,37+,38?,40?/m0/s1. The molecule has 2 rings (SSSR count). The van der Waals surface area contributed by atoms with Gasteiger partial charge in [0, 0.05) is 29.9 Å². The minimum absolute atomic E-state index is 0.00775. The van der Waals surface area contributed by atoms with Gasteiger partial charge in [-0.3, -0.25) is 4.79 Å². The van der Waals surface area contributed by atoms with Gasteiger partial charge in [-0.1, -0.05) is 93.0 Å². The van der Waals surface area contributed by atoms with Crippen molar-refractivity contribution in [2.75, 3.05) is 20.3 Å². The molecule has 1 N–H and O–H groups in total. The lowest BCUT2D eigenvalue weighted by atomic mass is 9.80. The highest BCUT2D eigenvalue weighted by molar-refractivity contribution is 6.74. The number of rotatable bonds is 16. The Labute approximate surface area is 326 Å². The van der Waals surface area contributed by atoms with Crippen LogP contribution < -0.4 is 4.74 Å². The molecule has 1 aromatic carbocycles. The van der Waals surface area contributed by atoms with Gasteiger partial charge in [-0.05, 0) is 88.4 Å². The van der Waals surface area contributed by atoms with E-state index in [9.17, 15) is 9.90 Å². The second-order valence-corrected chi connectivity index (χ2v) is 29.5. The number of hydrogen-bond acceptors (Lipinski definition) is 8. The van der Waals surface area contributed by atoms with Gasteiger partial charge in [-0.15, -0.1) is 0 Å². The van der Waals surface area contributed by atoms with E-state index in [2.05, 4.69) is 102 Å². The first-order valence-corrected chi connectivity index (χ1v) is 25.6. The van der Waals surface area contributed by atoms with Gasteiger partial charge in [0.15, 0.2) is 22.9 Å². The fourth-order valence-corrected chi connectivity index (χ4v) is 8.97. The average Bonchev–Trinajstić information content (AvgIpc) is 3.02. The highest BCUT2D eigenvalue weighted by Gasteiger charge is 2.44. The topological polar surface area (TPSA) is 92.7 Å². The van der Waals surface area contributed by atoms with Crippen molar-refractivity contribution in [2.24, 2.45) is 29.6 Å². The van der Waals surface area contributed by atoms with E-state index in [0.717, 1.165) is 16.9 Å². The Morgan fingerprint density at radius 2 is 1.49 bits per heavy atom. The number of aliphatic hydroxyl groups is 1. The lowest BCUT2D eigenvalue weighted by molar-refractivity contribution is -0.257. The van der Waals surface area contributed by atoms with Gasteiger partial charge < -0.3 is 32.9 Å². The first-order valence-electron chi connectivity index (χ1n) is 19.8. The minimum atomic E-state index is -2.14. The van der Waals surface area contributed by atoms with E-state index in [1.54, 1.807) is 7.11 Å². The Morgan fingerprint density at radius 3 is 1.98 bits per heavy atom. The van der Waals surface area contributed by atoms with Crippen LogP contribution in [0.4, 0.5) is 0 Å². The van der Waals surface area contributed by atoms with Crippen LogP contribution in [0.1, 0.15) is 115 Å². The lowest BCUT2D eigenvalue weighted by Crippen LogP contribution is -2.49. The molecule has 0 spiro atoms. The SMILES string of the molecule is COc1ccc(C2OC[C@H](C)C(C(C)C(O)C(CC(C)=C[C@H](C)[C@@H](O[Si](C)(C)C(C)(C)C)[C@@H](C)CO[Si](C)(C)C(C)(C)C)C(=O)OC(C)(C)C)O2)cc1. The summed E-state index contributed by atoms with van der Waals surface area (Å²) < 4.78 is 37.8. The van der Waals surface area contributed by atoms with Gasteiger partial charge >= 0.3 is 5.97 Å². The first-order chi connectivity index (χ1) is 24.0. The zero-order chi connectivity index (χ0) is 40.9. The molecule has 10 heteroatoms. The maximum Gasteiger partial charge on any atom is 0.312 e. The van der Waals surface area contributed by atoms with E-state index in [4.69, 9.17) is 27.8 Å². The summed E-state index contributed by atoms with van der Waals surface area (Å²) in [5, 5.41) is 12.2. The molecular formula is C43H78O8Si2. The number of hydrogen-bond donors (Lipinski definition) is 1. The highest BCUT2D eigenvalue weighted by Crippen LogP contribution is 2.42. The number of esters is 1. The van der Waals surface area contributed by atoms with Crippen LogP contribution in [0.5, 0.6) is 5.75 Å². The Balaban J connectivity index is 2.42. The molecule has 0 amide bonds. The van der Waals surface area contributed by atoms with Crippen molar-refractivity contribution in [1.29, 1.82) is 0 Å². The predicted octanol–water partition coefficient (Wildman–Crippen LogP) is 10.7. The summed E-state index contributed by atoms with van der Waals surface area (Å²) in [4.78, 5) is 13.9.